The number of hydrogen-bond acceptors (Lipinski definition) is 5. The minimum Gasteiger partial charge on any atom is -0.550 e. The summed E-state index contributed by atoms with van der Waals surface area (Å²) in [6.07, 6.45) is 6.75. The summed E-state index contributed by atoms with van der Waals surface area (Å²) in [5.41, 5.74) is 11.6. The van der Waals surface area contributed by atoms with Gasteiger partial charge >= 0.3 is 0 Å². The molecule has 1 heterocycles. The molecular formula is C16H18N6O4. The highest BCUT2D eigenvalue weighted by Gasteiger charge is 2.14. The van der Waals surface area contributed by atoms with Crippen LogP contribution < -0.4 is 21.7 Å². The Morgan fingerprint density at radius 3 is 2.54 bits per heavy atom. The first-order chi connectivity index (χ1) is 12.3. The number of carbonyl (C=O) groups excluding carboxylic acids is 1. The zero-order valence-electron chi connectivity index (χ0n) is 13.9. The molecule has 10 heteroatoms. The first-order valence-electron chi connectivity index (χ1n) is 7.25. The van der Waals surface area contributed by atoms with E-state index in [0.29, 0.717) is 5.69 Å². The van der Waals surface area contributed by atoms with Crippen LogP contribution >= 0.6 is 0 Å². The molecule has 0 saturated heterocycles. The molecule has 1 aromatic carbocycles. The number of rotatable bonds is 5. The molecule has 0 amide bonds. The Morgan fingerprint density at radius 1 is 1.27 bits per heavy atom. The van der Waals surface area contributed by atoms with E-state index in [4.69, 9.17) is 21.4 Å². The summed E-state index contributed by atoms with van der Waals surface area (Å²) in [5.74, 6) is -1.16. The summed E-state index contributed by atoms with van der Waals surface area (Å²) in [6.45, 7) is 0.972. The van der Waals surface area contributed by atoms with Crippen molar-refractivity contribution in [2.24, 2.45) is 16.6 Å². The number of guanidine groups is 1. The van der Waals surface area contributed by atoms with Crippen LogP contribution in [0.4, 0.5) is 5.69 Å². The highest BCUT2D eigenvalue weighted by molar-refractivity contribution is 5.76. The van der Waals surface area contributed by atoms with Crippen LogP contribution in [0.25, 0.3) is 11.8 Å². The Kier molecular flexibility index (Phi) is 7.75. The Labute approximate surface area is 148 Å². The molecule has 0 aliphatic heterocycles. The lowest BCUT2D eigenvalue weighted by atomic mass is 10.2. The van der Waals surface area contributed by atoms with Crippen LogP contribution in [0.3, 0.4) is 0 Å². The SMILES string of the molecule is CC(=O)[O-].NC(N)=N[NH+]=C/C=C/c1cccn1-c1ccccc1[N+](=O)[O-]. The fourth-order valence-electron chi connectivity index (χ4n) is 1.87. The molecule has 2 rings (SSSR count). The minimum absolute atomic E-state index is 0.0379. The van der Waals surface area contributed by atoms with Crippen LogP contribution in [-0.2, 0) is 4.79 Å². The molecule has 0 bridgehead atoms. The van der Waals surface area contributed by atoms with E-state index in [0.717, 1.165) is 12.6 Å². The number of hydrazone groups is 1. The second-order valence-electron chi connectivity index (χ2n) is 4.73. The topological polar surface area (TPSA) is 167 Å². The van der Waals surface area contributed by atoms with Crippen molar-refractivity contribution in [3.63, 3.8) is 0 Å². The van der Waals surface area contributed by atoms with Crippen molar-refractivity contribution < 1.29 is 19.9 Å². The van der Waals surface area contributed by atoms with Gasteiger partial charge < -0.3 is 25.9 Å². The summed E-state index contributed by atoms with van der Waals surface area (Å²) in [4.78, 5) is 19.6. The van der Waals surface area contributed by atoms with E-state index in [9.17, 15) is 10.1 Å². The van der Waals surface area contributed by atoms with E-state index in [-0.39, 0.29) is 11.6 Å². The summed E-state index contributed by atoms with van der Waals surface area (Å²) >= 11 is 0. The number of carbonyl (C=O) groups is 1. The second kappa shape index (κ2) is 10.0. The summed E-state index contributed by atoms with van der Waals surface area (Å²) in [6, 6.07) is 10.2. The van der Waals surface area contributed by atoms with E-state index in [1.807, 2.05) is 6.07 Å². The zero-order chi connectivity index (χ0) is 19.5. The van der Waals surface area contributed by atoms with Gasteiger partial charge in [-0.25, -0.2) is 0 Å². The second-order valence-corrected chi connectivity index (χ2v) is 4.73. The van der Waals surface area contributed by atoms with Crippen LogP contribution in [0.5, 0.6) is 0 Å². The Hall–Kier alpha value is -3.95. The monoisotopic (exact) mass is 358 g/mol. The number of allylic oxidation sites excluding steroid dienone is 1. The van der Waals surface area contributed by atoms with Crippen molar-refractivity contribution in [3.05, 3.63) is 64.5 Å². The molecule has 0 radical (unpaired) electrons. The summed E-state index contributed by atoms with van der Waals surface area (Å²) in [5, 5.41) is 26.1. The maximum absolute atomic E-state index is 11.1. The van der Waals surface area contributed by atoms with Gasteiger partial charge in [0.05, 0.1) is 4.92 Å². The quantitative estimate of drug-likeness (QED) is 0.254. The largest absolute Gasteiger partial charge is 0.550 e. The van der Waals surface area contributed by atoms with Gasteiger partial charge in [0.15, 0.2) is 6.21 Å². The molecule has 136 valence electrons. The third kappa shape index (κ3) is 6.66. The van der Waals surface area contributed by atoms with Gasteiger partial charge in [0, 0.05) is 35.1 Å². The molecule has 2 aromatic rings. The molecule has 0 spiro atoms. The lowest BCUT2D eigenvalue weighted by Gasteiger charge is -2.06. The number of carboxylic acid groups (broad SMARTS) is 1. The molecule has 1 aromatic heterocycles. The van der Waals surface area contributed by atoms with Crippen molar-refractivity contribution >= 4 is 29.9 Å². The number of nitrogens with one attached hydrogen (secondary N) is 1. The van der Waals surface area contributed by atoms with Gasteiger partial charge in [0.1, 0.15) is 5.69 Å². The third-order valence-corrected chi connectivity index (χ3v) is 2.75. The van der Waals surface area contributed by atoms with Crippen molar-refractivity contribution in [2.45, 2.75) is 6.92 Å². The number of carboxylic acids is 1. The summed E-state index contributed by atoms with van der Waals surface area (Å²) < 4.78 is 1.73. The Morgan fingerprint density at radius 2 is 1.92 bits per heavy atom. The Balaban J connectivity index is 0.000000765. The number of nitrogens with two attached hydrogens (primary N) is 2. The van der Waals surface area contributed by atoms with Crippen LogP contribution in [0, 0.1) is 10.1 Å². The maximum atomic E-state index is 11.1. The zero-order valence-corrected chi connectivity index (χ0v) is 13.9. The molecule has 10 nitrogen and oxygen atoms in total. The summed E-state index contributed by atoms with van der Waals surface area (Å²) in [7, 11) is 0. The van der Waals surface area contributed by atoms with Crippen LogP contribution in [0.1, 0.15) is 12.6 Å². The van der Waals surface area contributed by atoms with Crippen molar-refractivity contribution in [1.82, 2.24) is 4.57 Å². The normalized spacial score (nSPS) is 10.3. The van der Waals surface area contributed by atoms with Crippen LogP contribution in [0.15, 0.2) is 53.8 Å². The lowest BCUT2D eigenvalue weighted by molar-refractivity contribution is -0.456. The first kappa shape index (κ1) is 20.1. The highest BCUT2D eigenvalue weighted by Crippen LogP contribution is 2.24. The fourth-order valence-corrected chi connectivity index (χ4v) is 1.87. The molecule has 26 heavy (non-hydrogen) atoms. The van der Waals surface area contributed by atoms with E-state index in [1.165, 1.54) is 12.3 Å². The molecular weight excluding hydrogens is 340 g/mol. The van der Waals surface area contributed by atoms with Gasteiger partial charge in [-0.3, -0.25) is 10.1 Å². The number of aromatic nitrogens is 1. The number of aliphatic carboxylic acids is 1. The molecule has 0 unspecified atom stereocenters. The first-order valence-corrected chi connectivity index (χ1v) is 7.25. The maximum Gasteiger partial charge on any atom is 0.293 e. The molecule has 0 aliphatic carbocycles. The average molecular weight is 358 g/mol. The van der Waals surface area contributed by atoms with Gasteiger partial charge in [-0.05, 0) is 31.2 Å². The number of nitrogens with zero attached hydrogens (tertiary/aromatic N) is 3. The van der Waals surface area contributed by atoms with E-state index < -0.39 is 10.9 Å². The third-order valence-electron chi connectivity index (χ3n) is 2.75. The predicted molar refractivity (Wildman–Crippen MR) is 95.0 cm³/mol. The number of benzene rings is 1. The van der Waals surface area contributed by atoms with Crippen molar-refractivity contribution in [2.75, 3.05) is 0 Å². The average Bonchev–Trinajstić information content (AvgIpc) is 3.02. The van der Waals surface area contributed by atoms with Gasteiger partial charge in [-0.15, -0.1) is 5.10 Å². The Bertz CT molecular complexity index is 846. The van der Waals surface area contributed by atoms with Crippen LogP contribution in [-0.4, -0.2) is 27.6 Å². The van der Waals surface area contributed by atoms with Gasteiger partial charge in [0.25, 0.3) is 11.6 Å². The van der Waals surface area contributed by atoms with Gasteiger partial charge in [0.2, 0.25) is 0 Å². The van der Waals surface area contributed by atoms with E-state index in [1.54, 1.807) is 47.2 Å². The van der Waals surface area contributed by atoms with Crippen molar-refractivity contribution in [3.8, 4) is 5.69 Å². The van der Waals surface area contributed by atoms with Crippen LogP contribution in [0.2, 0.25) is 0 Å². The highest BCUT2D eigenvalue weighted by atomic mass is 16.6. The fraction of sp³-hybridized carbons (Fsp3) is 0.0625. The minimum atomic E-state index is -1.08. The standard InChI is InChI=1S/C14H14N6O2.C2H4O2/c15-14(16)18-17-9-3-5-11-6-4-10-19(11)12-7-1-2-8-13(12)20(21)22;1-2(3)4/h1-10H,(H4,15,16,18);1H3,(H,3,4)/b5-3+,17-9?;. The molecule has 0 saturated carbocycles. The van der Waals surface area contributed by atoms with E-state index >= 15 is 0 Å². The predicted octanol–water partition coefficient (Wildman–Crippen LogP) is -1.51. The van der Waals surface area contributed by atoms with E-state index in [2.05, 4.69) is 10.2 Å². The van der Waals surface area contributed by atoms with Gasteiger partial charge in [-0.2, -0.15) is 0 Å². The number of nitro groups is 1. The lowest BCUT2D eigenvalue weighted by Crippen LogP contribution is -2.63. The molecule has 0 fully saturated rings. The molecule has 0 aliphatic rings. The number of hydrogen-bond donors (Lipinski definition) is 3. The molecule has 5 N–H and O–H groups in total. The van der Waals surface area contributed by atoms with Crippen molar-refractivity contribution in [1.29, 1.82) is 0 Å². The number of para-hydroxylation sites is 2. The number of nitro benzene ring substituents is 1. The molecule has 0 atom stereocenters. The van der Waals surface area contributed by atoms with Gasteiger partial charge in [-0.1, -0.05) is 12.1 Å². The smallest absolute Gasteiger partial charge is 0.293 e.